The molecule has 0 bridgehead atoms. The van der Waals surface area contributed by atoms with Gasteiger partial charge in [-0.25, -0.2) is 0 Å². The first-order valence-corrected chi connectivity index (χ1v) is 12.2. The molecule has 1 heteroatoms. The quantitative estimate of drug-likeness (QED) is 0.156. The lowest BCUT2D eigenvalue weighted by atomic mass is 9.86. The summed E-state index contributed by atoms with van der Waals surface area (Å²) in [4.78, 5) is 0. The first-order chi connectivity index (χ1) is 30.3. The molecule has 1 heterocycles. The van der Waals surface area contributed by atoms with E-state index >= 15 is 0 Å². The summed E-state index contributed by atoms with van der Waals surface area (Å²) in [5, 5.41) is -4.93. The molecule has 9 rings (SSSR count). The van der Waals surface area contributed by atoms with Gasteiger partial charge in [0.15, 0.2) is 0 Å². The van der Waals surface area contributed by atoms with E-state index in [4.69, 9.17) is 27.7 Å². The maximum atomic E-state index is 9.75. The zero-order valence-corrected chi connectivity index (χ0v) is 20.4. The Labute approximate surface area is 270 Å². The molecular formula is C40H24O. The van der Waals surface area contributed by atoms with Crippen molar-refractivity contribution >= 4 is 65.0 Å². The summed E-state index contributed by atoms with van der Waals surface area (Å²) in [7, 11) is 0. The fourth-order valence-electron chi connectivity index (χ4n) is 5.31. The van der Waals surface area contributed by atoms with Gasteiger partial charge in [0, 0.05) is 16.2 Å². The van der Waals surface area contributed by atoms with Crippen LogP contribution in [0.2, 0.25) is 0 Å². The minimum absolute atomic E-state index is 0.340. The molecular weight excluding hydrogens is 496 g/mol. The molecule has 0 aliphatic heterocycles. The normalized spacial score (nSPS) is 20.1. The van der Waals surface area contributed by atoms with Crippen LogP contribution in [0.1, 0.15) is 32.9 Å². The van der Waals surface area contributed by atoms with Crippen molar-refractivity contribution in [2.75, 3.05) is 0 Å². The highest BCUT2D eigenvalue weighted by molar-refractivity contribution is 6.30. The molecule has 41 heavy (non-hydrogen) atoms. The number of hydrogen-bond acceptors (Lipinski definition) is 1. The average Bonchev–Trinajstić information content (AvgIpc) is 3.68. The minimum Gasteiger partial charge on any atom is -0.455 e. The zero-order valence-electron chi connectivity index (χ0n) is 44.4. The smallest absolute Gasteiger partial charge is 0.143 e. The lowest BCUT2D eigenvalue weighted by Gasteiger charge is -2.17. The Balaban J connectivity index is 1.64. The van der Waals surface area contributed by atoms with Gasteiger partial charge < -0.3 is 4.42 Å². The molecule has 0 amide bonds. The van der Waals surface area contributed by atoms with Gasteiger partial charge in [0.2, 0.25) is 0 Å². The van der Waals surface area contributed by atoms with Crippen LogP contribution < -0.4 is 0 Å². The molecule has 0 saturated carbocycles. The second kappa shape index (κ2) is 8.55. The monoisotopic (exact) mass is 544 g/mol. The van der Waals surface area contributed by atoms with Crippen LogP contribution in [-0.2, 0) is 0 Å². The van der Waals surface area contributed by atoms with Crippen molar-refractivity contribution in [3.05, 3.63) is 145 Å². The third kappa shape index (κ3) is 3.18. The van der Waals surface area contributed by atoms with E-state index in [0.29, 0.717) is 0 Å². The van der Waals surface area contributed by atoms with Crippen molar-refractivity contribution in [3.63, 3.8) is 0 Å². The molecule has 0 aliphatic rings. The largest absolute Gasteiger partial charge is 0.455 e. The van der Waals surface area contributed by atoms with Crippen LogP contribution in [0.4, 0.5) is 0 Å². The fourth-order valence-corrected chi connectivity index (χ4v) is 5.31. The Kier molecular flexibility index (Phi) is 1.94. The fraction of sp³-hybridized carbons (Fsp3) is 0. The van der Waals surface area contributed by atoms with Gasteiger partial charge in [0.1, 0.15) is 11.2 Å². The van der Waals surface area contributed by atoms with Crippen molar-refractivity contribution < 1.29 is 37.3 Å². The summed E-state index contributed by atoms with van der Waals surface area (Å²) < 4.78 is 219. The van der Waals surface area contributed by atoms with Crippen LogP contribution in [-0.4, -0.2) is 0 Å². The van der Waals surface area contributed by atoms with Gasteiger partial charge in [0.25, 0.3) is 0 Å². The van der Waals surface area contributed by atoms with Crippen molar-refractivity contribution in [2.24, 2.45) is 0 Å². The highest BCUT2D eigenvalue weighted by Gasteiger charge is 2.19. The molecule has 0 atom stereocenters. The zero-order chi connectivity index (χ0) is 47.8. The second-order valence-corrected chi connectivity index (χ2v) is 9.01. The topological polar surface area (TPSA) is 13.1 Å². The molecule has 1 aromatic heterocycles. The molecule has 0 fully saturated rings. The first kappa shape index (κ1) is 9.33. The Morgan fingerprint density at radius 2 is 0.829 bits per heavy atom. The van der Waals surface area contributed by atoms with E-state index in [2.05, 4.69) is 0 Å². The van der Waals surface area contributed by atoms with Crippen molar-refractivity contribution in [2.45, 2.75) is 0 Å². The highest BCUT2D eigenvalue weighted by atomic mass is 16.3. The summed E-state index contributed by atoms with van der Waals surface area (Å²) in [6.07, 6.45) is 0. The molecule has 9 aromatic rings. The van der Waals surface area contributed by atoms with Crippen molar-refractivity contribution in [1.29, 1.82) is 0 Å². The molecule has 1 nitrogen and oxygen atoms in total. The van der Waals surface area contributed by atoms with E-state index in [1.165, 1.54) is 0 Å². The van der Waals surface area contributed by atoms with Crippen LogP contribution in [0.15, 0.2) is 149 Å². The van der Waals surface area contributed by atoms with Crippen molar-refractivity contribution in [3.8, 4) is 22.3 Å². The van der Waals surface area contributed by atoms with E-state index in [9.17, 15) is 9.60 Å². The third-order valence-electron chi connectivity index (χ3n) is 6.94. The predicted molar refractivity (Wildman–Crippen MR) is 175 cm³/mol. The van der Waals surface area contributed by atoms with Crippen molar-refractivity contribution in [1.82, 2.24) is 0 Å². The SMILES string of the molecule is [2H]c1c([2H])c([2H])c(-c2c3c([2H])c([2H])c([2H])c([2H])c3c(-c3c([2H])c([2H])c4c(oc5c6c([2H])c([2H])c([2H])c([2H])c6c6c([2H])c([2H])c([2H])c([2H])c6c54)c3[2H])c3c([2H])c([2H])c([2H])c([2H])c23)c([2H])c1[2H]. The number of fused-ring (bicyclic) bond motifs is 10. The second-order valence-electron chi connectivity index (χ2n) is 9.01. The number of hydrogen-bond donors (Lipinski definition) is 0. The Morgan fingerprint density at radius 1 is 0.366 bits per heavy atom. The van der Waals surface area contributed by atoms with E-state index in [-0.39, 0.29) is 21.5 Å². The van der Waals surface area contributed by atoms with Gasteiger partial charge >= 0.3 is 0 Å². The number of rotatable bonds is 2. The molecule has 0 spiro atoms. The van der Waals surface area contributed by atoms with Gasteiger partial charge in [-0.15, -0.1) is 0 Å². The predicted octanol–water partition coefficient (Wildman–Crippen LogP) is 11.5. The molecule has 8 aromatic carbocycles. The summed E-state index contributed by atoms with van der Waals surface area (Å²) in [5.41, 5.74) is -3.81. The lowest BCUT2D eigenvalue weighted by Crippen LogP contribution is -1.90. The summed E-state index contributed by atoms with van der Waals surface area (Å²) in [6, 6.07) is -20.4. The molecule has 0 saturated heterocycles. The standard InChI is InChI=1S/C40H24O/c1-2-12-25(13-3-1)37-30-17-7-9-19-32(30)38(33-20-10-8-18-31(33)37)26-22-23-35-36(24-26)41-40-34-21-11-5-15-28(34)27-14-4-6-16-29(27)39(35)40/h1-24H/i1D,2D,3D,4D,5D,6D,7D,8D,9D,10D,11D,12D,13D,14D,15D,16D,17D,18D,19D,20D,21D,22D,23D,24D. The van der Waals surface area contributed by atoms with Crippen LogP contribution in [0.25, 0.3) is 87.3 Å². The van der Waals surface area contributed by atoms with Crippen LogP contribution in [0.3, 0.4) is 0 Å². The summed E-state index contributed by atoms with van der Waals surface area (Å²) in [5.74, 6) is 0. The average molecular weight is 545 g/mol. The van der Waals surface area contributed by atoms with E-state index < -0.39 is 211 Å². The Morgan fingerprint density at radius 3 is 1.44 bits per heavy atom. The van der Waals surface area contributed by atoms with Gasteiger partial charge in [-0.05, 0) is 72.0 Å². The first-order valence-electron chi connectivity index (χ1n) is 24.2. The number of furan rings is 1. The highest BCUT2D eigenvalue weighted by Crippen LogP contribution is 2.46. The molecule has 0 N–H and O–H groups in total. The third-order valence-corrected chi connectivity index (χ3v) is 6.94. The van der Waals surface area contributed by atoms with E-state index in [1.807, 2.05) is 0 Å². The Bertz CT molecular complexity index is 3710. The van der Waals surface area contributed by atoms with E-state index in [1.54, 1.807) is 0 Å². The molecule has 190 valence electrons. The molecule has 0 unspecified atom stereocenters. The maximum Gasteiger partial charge on any atom is 0.143 e. The van der Waals surface area contributed by atoms with Crippen LogP contribution in [0, 0.1) is 0 Å². The van der Waals surface area contributed by atoms with Gasteiger partial charge in [-0.3, -0.25) is 0 Å². The summed E-state index contributed by atoms with van der Waals surface area (Å²) >= 11 is 0. The molecule has 0 radical (unpaired) electrons. The van der Waals surface area contributed by atoms with Crippen LogP contribution in [0.5, 0.6) is 0 Å². The van der Waals surface area contributed by atoms with Gasteiger partial charge in [0.05, 0.1) is 32.9 Å². The lowest BCUT2D eigenvalue weighted by molar-refractivity contribution is 0.673. The van der Waals surface area contributed by atoms with Gasteiger partial charge in [-0.2, -0.15) is 0 Å². The maximum absolute atomic E-state index is 9.75. The number of benzene rings is 8. The minimum atomic E-state index is -0.938. The van der Waals surface area contributed by atoms with E-state index in [0.717, 1.165) is 0 Å². The van der Waals surface area contributed by atoms with Gasteiger partial charge in [-0.1, -0.05) is 133 Å². The Hall–Kier alpha value is -5.40. The molecule has 0 aliphatic carbocycles. The summed E-state index contributed by atoms with van der Waals surface area (Å²) in [6.45, 7) is 0. The van der Waals surface area contributed by atoms with Crippen LogP contribution >= 0.6 is 0 Å².